The van der Waals surface area contributed by atoms with Crippen LogP contribution in [0.3, 0.4) is 0 Å². The molecule has 2 nitrogen and oxygen atoms in total. The van der Waals surface area contributed by atoms with Crippen LogP contribution in [0.2, 0.25) is 0 Å². The quantitative estimate of drug-likeness (QED) is 0.727. The number of hydrogen-bond acceptors (Lipinski definition) is 1. The smallest absolute Gasteiger partial charge is 0.105 e. The van der Waals surface area contributed by atoms with Crippen molar-refractivity contribution in [2.45, 2.75) is 26.3 Å². The lowest BCUT2D eigenvalue weighted by Crippen LogP contribution is -2.13. The Hall–Kier alpha value is -0.310. The molecular weight excluding hydrogens is 216 g/mol. The highest BCUT2D eigenvalue weighted by Crippen LogP contribution is 2.48. The summed E-state index contributed by atoms with van der Waals surface area (Å²) in [7, 11) is 0. The van der Waals surface area contributed by atoms with Gasteiger partial charge in [-0.3, -0.25) is 0 Å². The van der Waals surface area contributed by atoms with Crippen LogP contribution >= 0.6 is 15.9 Å². The van der Waals surface area contributed by atoms with Crippen molar-refractivity contribution in [3.05, 3.63) is 18.2 Å². The second-order valence-electron chi connectivity index (χ2n) is 3.74. The van der Waals surface area contributed by atoms with E-state index < -0.39 is 0 Å². The molecule has 0 unspecified atom stereocenters. The van der Waals surface area contributed by atoms with Gasteiger partial charge in [0.25, 0.3) is 0 Å². The van der Waals surface area contributed by atoms with E-state index in [1.165, 1.54) is 12.8 Å². The van der Waals surface area contributed by atoms with Gasteiger partial charge in [0.1, 0.15) is 5.82 Å². The number of halogens is 1. The van der Waals surface area contributed by atoms with Gasteiger partial charge in [0.2, 0.25) is 0 Å². The summed E-state index contributed by atoms with van der Waals surface area (Å²) < 4.78 is 2.24. The second-order valence-corrected chi connectivity index (χ2v) is 4.30. The Balaban J connectivity index is 2.08. The van der Waals surface area contributed by atoms with Crippen molar-refractivity contribution in [1.82, 2.24) is 9.55 Å². The number of alkyl halides is 1. The summed E-state index contributed by atoms with van der Waals surface area (Å²) in [5.41, 5.74) is 0.547. The number of nitrogens with zero attached hydrogens (tertiary/aromatic N) is 2. The first kappa shape index (κ1) is 8.30. The molecule has 1 heterocycles. The van der Waals surface area contributed by atoms with Gasteiger partial charge in [-0.2, -0.15) is 0 Å². The Morgan fingerprint density at radius 3 is 2.83 bits per heavy atom. The monoisotopic (exact) mass is 228 g/mol. The number of aromatic nitrogens is 2. The van der Waals surface area contributed by atoms with Crippen LogP contribution in [0.4, 0.5) is 0 Å². The van der Waals surface area contributed by atoms with Gasteiger partial charge >= 0.3 is 0 Å². The van der Waals surface area contributed by atoms with Crippen molar-refractivity contribution >= 4 is 15.9 Å². The highest BCUT2D eigenvalue weighted by molar-refractivity contribution is 9.09. The third kappa shape index (κ3) is 1.42. The summed E-state index contributed by atoms with van der Waals surface area (Å²) in [5, 5.41) is 1.12. The molecule has 0 aliphatic heterocycles. The first-order chi connectivity index (χ1) is 5.76. The van der Waals surface area contributed by atoms with Gasteiger partial charge < -0.3 is 4.57 Å². The first-order valence-corrected chi connectivity index (χ1v) is 5.42. The van der Waals surface area contributed by atoms with Crippen molar-refractivity contribution in [1.29, 1.82) is 0 Å². The molecule has 3 heteroatoms. The molecule has 0 radical (unpaired) electrons. The predicted molar refractivity (Wildman–Crippen MR) is 52.4 cm³/mol. The van der Waals surface area contributed by atoms with Gasteiger partial charge in [-0.25, -0.2) is 4.98 Å². The van der Waals surface area contributed by atoms with Crippen LogP contribution in [0.1, 0.15) is 18.7 Å². The molecule has 0 bridgehead atoms. The zero-order valence-corrected chi connectivity index (χ0v) is 8.84. The van der Waals surface area contributed by atoms with Crippen molar-refractivity contribution < 1.29 is 0 Å². The van der Waals surface area contributed by atoms with Gasteiger partial charge in [0, 0.05) is 24.3 Å². The number of hydrogen-bond donors (Lipinski definition) is 0. The molecule has 1 aromatic rings. The maximum absolute atomic E-state index is 4.21. The second kappa shape index (κ2) is 2.87. The maximum atomic E-state index is 4.21. The molecule has 0 saturated heterocycles. The van der Waals surface area contributed by atoms with E-state index >= 15 is 0 Å². The van der Waals surface area contributed by atoms with Gasteiger partial charge in [-0.15, -0.1) is 0 Å². The van der Waals surface area contributed by atoms with Crippen LogP contribution in [0.25, 0.3) is 0 Å². The van der Waals surface area contributed by atoms with E-state index in [0.717, 1.165) is 17.7 Å². The van der Waals surface area contributed by atoms with E-state index in [1.807, 2.05) is 6.20 Å². The van der Waals surface area contributed by atoms with Crippen molar-refractivity contribution in [2.24, 2.45) is 5.41 Å². The minimum atomic E-state index is 0.547. The van der Waals surface area contributed by atoms with E-state index in [1.54, 1.807) is 0 Å². The van der Waals surface area contributed by atoms with E-state index in [4.69, 9.17) is 0 Å². The molecule has 1 fully saturated rings. The Morgan fingerprint density at radius 2 is 2.42 bits per heavy atom. The summed E-state index contributed by atoms with van der Waals surface area (Å²) in [6.07, 6.45) is 6.66. The number of imidazole rings is 1. The zero-order valence-electron chi connectivity index (χ0n) is 7.26. The van der Waals surface area contributed by atoms with Crippen LogP contribution in [0.5, 0.6) is 0 Å². The SMILES string of the molecule is Cc1nccn1CC1(CBr)CC1. The lowest BCUT2D eigenvalue weighted by molar-refractivity contribution is 0.468. The zero-order chi connectivity index (χ0) is 8.60. The summed E-state index contributed by atoms with van der Waals surface area (Å²) >= 11 is 3.57. The molecule has 0 aromatic carbocycles. The normalized spacial score (nSPS) is 19.5. The minimum Gasteiger partial charge on any atom is -0.335 e. The largest absolute Gasteiger partial charge is 0.335 e. The van der Waals surface area contributed by atoms with Gasteiger partial charge in [0.15, 0.2) is 0 Å². The van der Waals surface area contributed by atoms with E-state index in [9.17, 15) is 0 Å². The van der Waals surface area contributed by atoms with Crippen LogP contribution in [0, 0.1) is 12.3 Å². The van der Waals surface area contributed by atoms with Crippen molar-refractivity contribution in [3.8, 4) is 0 Å². The third-order valence-corrected chi connectivity index (χ3v) is 3.86. The van der Waals surface area contributed by atoms with Gasteiger partial charge in [-0.05, 0) is 25.2 Å². The van der Waals surface area contributed by atoms with Crippen molar-refractivity contribution in [3.63, 3.8) is 0 Å². The fourth-order valence-electron chi connectivity index (χ4n) is 1.44. The lowest BCUT2D eigenvalue weighted by Gasteiger charge is -2.12. The molecule has 0 amide bonds. The predicted octanol–water partition coefficient (Wildman–Crippen LogP) is 2.37. The van der Waals surface area contributed by atoms with Crippen LogP contribution < -0.4 is 0 Å². The van der Waals surface area contributed by atoms with E-state index in [-0.39, 0.29) is 0 Å². The molecule has 0 N–H and O–H groups in total. The molecular formula is C9H13BrN2. The van der Waals surface area contributed by atoms with Crippen molar-refractivity contribution in [2.75, 3.05) is 5.33 Å². The maximum Gasteiger partial charge on any atom is 0.105 e. The van der Waals surface area contributed by atoms with E-state index in [0.29, 0.717) is 5.41 Å². The summed E-state index contributed by atoms with van der Waals surface area (Å²) in [5.74, 6) is 1.13. The Morgan fingerprint density at radius 1 is 1.67 bits per heavy atom. The van der Waals surface area contributed by atoms with Gasteiger partial charge in [-0.1, -0.05) is 15.9 Å². The molecule has 1 aromatic heterocycles. The Bertz CT molecular complexity index is 276. The molecule has 0 spiro atoms. The van der Waals surface area contributed by atoms with Gasteiger partial charge in [0.05, 0.1) is 0 Å². The molecule has 1 aliphatic carbocycles. The highest BCUT2D eigenvalue weighted by atomic mass is 79.9. The Labute approximate surface area is 81.1 Å². The molecule has 1 aliphatic rings. The molecule has 12 heavy (non-hydrogen) atoms. The van der Waals surface area contributed by atoms with Crippen LogP contribution in [0.15, 0.2) is 12.4 Å². The minimum absolute atomic E-state index is 0.547. The highest BCUT2D eigenvalue weighted by Gasteiger charge is 2.41. The fourth-order valence-corrected chi connectivity index (χ4v) is 2.18. The average molecular weight is 229 g/mol. The van der Waals surface area contributed by atoms with E-state index in [2.05, 4.69) is 38.6 Å². The molecule has 2 rings (SSSR count). The molecule has 0 atom stereocenters. The summed E-state index contributed by atoms with van der Waals surface area (Å²) in [6.45, 7) is 3.19. The van der Waals surface area contributed by atoms with Crippen LogP contribution in [-0.4, -0.2) is 14.9 Å². The fraction of sp³-hybridized carbons (Fsp3) is 0.667. The van der Waals surface area contributed by atoms with Crippen LogP contribution in [-0.2, 0) is 6.54 Å². The summed E-state index contributed by atoms with van der Waals surface area (Å²) in [4.78, 5) is 4.21. The Kier molecular flexibility index (Phi) is 1.99. The topological polar surface area (TPSA) is 17.8 Å². The lowest BCUT2D eigenvalue weighted by atomic mass is 10.1. The molecule has 66 valence electrons. The summed E-state index contributed by atoms with van der Waals surface area (Å²) in [6, 6.07) is 0. The average Bonchev–Trinajstić information content (AvgIpc) is 2.74. The molecule has 1 saturated carbocycles. The number of rotatable bonds is 3. The standard InChI is InChI=1S/C9H13BrN2/c1-8-11-4-5-12(8)7-9(6-10)2-3-9/h4-5H,2-3,6-7H2,1H3. The first-order valence-electron chi connectivity index (χ1n) is 4.29. The third-order valence-electron chi connectivity index (χ3n) is 2.67. The number of aryl methyl sites for hydroxylation is 1.